The van der Waals surface area contributed by atoms with Gasteiger partial charge in [-0.25, -0.2) is 0 Å². The summed E-state index contributed by atoms with van der Waals surface area (Å²) in [5.74, 6) is 0.947. The van der Waals surface area contributed by atoms with E-state index in [9.17, 15) is 0 Å². The molecule has 17 heavy (non-hydrogen) atoms. The summed E-state index contributed by atoms with van der Waals surface area (Å²) < 4.78 is 11.2. The van der Waals surface area contributed by atoms with Crippen LogP contribution in [-0.4, -0.2) is 26.8 Å². The summed E-state index contributed by atoms with van der Waals surface area (Å²) in [4.78, 5) is 0. The zero-order chi connectivity index (χ0) is 12.8. The van der Waals surface area contributed by atoms with Crippen molar-refractivity contribution in [3.8, 4) is 5.75 Å². The molecule has 1 unspecified atom stereocenters. The fraction of sp³-hybridized carbons (Fsp3) is 0.571. The highest BCUT2D eigenvalue weighted by Crippen LogP contribution is 2.24. The second-order valence-corrected chi connectivity index (χ2v) is 4.47. The number of hydrogen-bond donors (Lipinski definition) is 1. The lowest BCUT2D eigenvalue weighted by Gasteiger charge is -2.18. The molecule has 0 saturated heterocycles. The van der Waals surface area contributed by atoms with Crippen LogP contribution < -0.4 is 10.1 Å². The smallest absolute Gasteiger partial charge is 0.122 e. The maximum absolute atomic E-state index is 5.72. The van der Waals surface area contributed by atoms with E-state index in [4.69, 9.17) is 9.47 Å². The Morgan fingerprint density at radius 3 is 2.47 bits per heavy atom. The van der Waals surface area contributed by atoms with Crippen molar-refractivity contribution in [2.75, 3.05) is 20.7 Å². The average molecular weight is 237 g/mol. The van der Waals surface area contributed by atoms with Gasteiger partial charge in [0.1, 0.15) is 5.75 Å². The molecule has 0 aliphatic heterocycles. The minimum absolute atomic E-state index is 0.0896. The molecule has 1 atom stereocenters. The van der Waals surface area contributed by atoms with Crippen molar-refractivity contribution in [1.29, 1.82) is 0 Å². The Kier molecular flexibility index (Phi) is 5.45. The number of rotatable bonds is 6. The van der Waals surface area contributed by atoms with E-state index in [1.54, 1.807) is 7.11 Å². The highest BCUT2D eigenvalue weighted by Gasteiger charge is 2.11. The molecule has 96 valence electrons. The molecule has 0 amide bonds. The van der Waals surface area contributed by atoms with Crippen LogP contribution in [0, 0.1) is 6.92 Å². The third-order valence-electron chi connectivity index (χ3n) is 2.61. The Morgan fingerprint density at radius 1 is 1.29 bits per heavy atom. The number of likely N-dealkylation sites (N-methyl/N-ethyl adjacent to an activating group) is 1. The minimum Gasteiger partial charge on any atom is -0.491 e. The summed E-state index contributed by atoms with van der Waals surface area (Å²) in [5.41, 5.74) is 2.32. The molecule has 1 N–H and O–H groups in total. The van der Waals surface area contributed by atoms with E-state index in [-0.39, 0.29) is 12.2 Å². The van der Waals surface area contributed by atoms with Crippen LogP contribution in [0.2, 0.25) is 0 Å². The van der Waals surface area contributed by atoms with Gasteiger partial charge in [-0.3, -0.25) is 0 Å². The number of benzene rings is 1. The van der Waals surface area contributed by atoms with Crippen LogP contribution in [0.1, 0.15) is 31.1 Å². The minimum atomic E-state index is 0.0896. The first-order valence-corrected chi connectivity index (χ1v) is 6.03. The van der Waals surface area contributed by atoms with Crippen molar-refractivity contribution >= 4 is 0 Å². The van der Waals surface area contributed by atoms with Crippen LogP contribution in [0.5, 0.6) is 5.75 Å². The lowest BCUT2D eigenvalue weighted by Crippen LogP contribution is -2.18. The SMILES string of the molecule is CNCC(OC)c1ccc(OC(C)C)c(C)c1. The van der Waals surface area contributed by atoms with Crippen LogP contribution in [0.4, 0.5) is 0 Å². The molecule has 0 aromatic heterocycles. The number of aryl methyl sites for hydroxylation is 1. The van der Waals surface area contributed by atoms with Gasteiger partial charge in [0.15, 0.2) is 0 Å². The molecular weight excluding hydrogens is 214 g/mol. The predicted molar refractivity (Wildman–Crippen MR) is 70.6 cm³/mol. The highest BCUT2D eigenvalue weighted by atomic mass is 16.5. The average Bonchev–Trinajstić information content (AvgIpc) is 2.28. The Bertz CT molecular complexity index is 350. The molecule has 0 saturated carbocycles. The highest BCUT2D eigenvalue weighted by molar-refractivity contribution is 5.37. The molecule has 0 heterocycles. The standard InChI is InChI=1S/C14H23NO2/c1-10(2)17-13-7-6-12(8-11(13)3)14(16-5)9-15-4/h6-8,10,14-15H,9H2,1-5H3. The number of ether oxygens (including phenoxy) is 2. The van der Waals surface area contributed by atoms with E-state index in [1.807, 2.05) is 27.0 Å². The van der Waals surface area contributed by atoms with E-state index in [1.165, 1.54) is 5.56 Å². The lowest BCUT2D eigenvalue weighted by molar-refractivity contribution is 0.104. The summed E-state index contributed by atoms with van der Waals surface area (Å²) in [5, 5.41) is 3.13. The van der Waals surface area contributed by atoms with Gasteiger partial charge >= 0.3 is 0 Å². The third-order valence-corrected chi connectivity index (χ3v) is 2.61. The van der Waals surface area contributed by atoms with E-state index < -0.39 is 0 Å². The van der Waals surface area contributed by atoms with Crippen LogP contribution >= 0.6 is 0 Å². The van der Waals surface area contributed by atoms with Crippen molar-refractivity contribution in [3.05, 3.63) is 29.3 Å². The van der Waals surface area contributed by atoms with Gasteiger partial charge in [0, 0.05) is 13.7 Å². The second-order valence-electron chi connectivity index (χ2n) is 4.47. The number of nitrogens with one attached hydrogen (secondary N) is 1. The van der Waals surface area contributed by atoms with Gasteiger partial charge in [-0.1, -0.05) is 6.07 Å². The Morgan fingerprint density at radius 2 is 2.00 bits per heavy atom. The fourth-order valence-electron chi connectivity index (χ4n) is 1.78. The van der Waals surface area contributed by atoms with Crippen LogP contribution in [0.25, 0.3) is 0 Å². The molecule has 1 aromatic rings. The third kappa shape index (κ3) is 4.02. The zero-order valence-corrected chi connectivity index (χ0v) is 11.4. The van der Waals surface area contributed by atoms with Gasteiger partial charge in [0.2, 0.25) is 0 Å². The summed E-state index contributed by atoms with van der Waals surface area (Å²) in [7, 11) is 3.66. The predicted octanol–water partition coefficient (Wildman–Crippen LogP) is 2.69. The monoisotopic (exact) mass is 237 g/mol. The van der Waals surface area contributed by atoms with E-state index in [2.05, 4.69) is 24.4 Å². The molecule has 3 nitrogen and oxygen atoms in total. The quantitative estimate of drug-likeness (QED) is 0.825. The van der Waals surface area contributed by atoms with Gasteiger partial charge in [-0.2, -0.15) is 0 Å². The van der Waals surface area contributed by atoms with Gasteiger partial charge < -0.3 is 14.8 Å². The summed E-state index contributed by atoms with van der Waals surface area (Å²) in [6.45, 7) is 6.94. The molecule has 0 bridgehead atoms. The van der Waals surface area contributed by atoms with Crippen molar-refractivity contribution in [2.24, 2.45) is 0 Å². The lowest BCUT2D eigenvalue weighted by atomic mass is 10.1. The number of methoxy groups -OCH3 is 1. The van der Waals surface area contributed by atoms with Gasteiger partial charge in [0.05, 0.1) is 12.2 Å². The van der Waals surface area contributed by atoms with Crippen molar-refractivity contribution in [2.45, 2.75) is 33.0 Å². The molecule has 0 spiro atoms. The van der Waals surface area contributed by atoms with Gasteiger partial charge in [-0.05, 0) is 51.1 Å². The van der Waals surface area contributed by atoms with Gasteiger partial charge in [-0.15, -0.1) is 0 Å². The molecule has 1 rings (SSSR count). The molecule has 3 heteroatoms. The molecule has 0 radical (unpaired) electrons. The zero-order valence-electron chi connectivity index (χ0n) is 11.4. The van der Waals surface area contributed by atoms with Crippen LogP contribution in [0.15, 0.2) is 18.2 Å². The normalized spacial score (nSPS) is 12.8. The fourth-order valence-corrected chi connectivity index (χ4v) is 1.78. The van der Waals surface area contributed by atoms with Crippen molar-refractivity contribution in [3.63, 3.8) is 0 Å². The first kappa shape index (κ1) is 14.0. The Labute approximate surface area is 104 Å². The Balaban J connectivity index is 2.86. The van der Waals surface area contributed by atoms with Crippen LogP contribution in [-0.2, 0) is 4.74 Å². The van der Waals surface area contributed by atoms with E-state index in [0.29, 0.717) is 0 Å². The summed E-state index contributed by atoms with van der Waals surface area (Å²) in [6.07, 6.45) is 0.293. The van der Waals surface area contributed by atoms with E-state index in [0.717, 1.165) is 17.9 Å². The van der Waals surface area contributed by atoms with Crippen molar-refractivity contribution in [1.82, 2.24) is 5.32 Å². The molecule has 0 fully saturated rings. The molecule has 0 aliphatic rings. The van der Waals surface area contributed by atoms with Gasteiger partial charge in [0.25, 0.3) is 0 Å². The van der Waals surface area contributed by atoms with E-state index >= 15 is 0 Å². The number of hydrogen-bond acceptors (Lipinski definition) is 3. The Hall–Kier alpha value is -1.06. The second kappa shape index (κ2) is 6.62. The first-order valence-electron chi connectivity index (χ1n) is 6.03. The molecule has 1 aromatic carbocycles. The first-order chi connectivity index (χ1) is 8.08. The maximum atomic E-state index is 5.72. The topological polar surface area (TPSA) is 30.5 Å². The largest absolute Gasteiger partial charge is 0.491 e. The summed E-state index contributed by atoms with van der Waals surface area (Å²) in [6, 6.07) is 6.21. The molecule has 0 aliphatic carbocycles. The van der Waals surface area contributed by atoms with Crippen LogP contribution in [0.3, 0.4) is 0 Å². The van der Waals surface area contributed by atoms with Crippen molar-refractivity contribution < 1.29 is 9.47 Å². The summed E-state index contributed by atoms with van der Waals surface area (Å²) >= 11 is 0. The maximum Gasteiger partial charge on any atom is 0.122 e. The molecular formula is C14H23NO2.